The van der Waals surface area contributed by atoms with E-state index in [1.165, 1.54) is 30.6 Å². The van der Waals surface area contributed by atoms with Crippen molar-refractivity contribution in [3.8, 4) is 0 Å². The maximum atomic E-state index is 12.6. The van der Waals surface area contributed by atoms with Gasteiger partial charge in [0.05, 0.1) is 20.5 Å². The summed E-state index contributed by atoms with van der Waals surface area (Å²) < 4.78 is 0. The molecule has 0 aliphatic carbocycles. The maximum absolute atomic E-state index is 12.6. The number of carbonyl (C=O) groups excluding carboxylic acids is 1. The Kier molecular flexibility index (Phi) is 8.41. The number of rotatable bonds is 11. The van der Waals surface area contributed by atoms with Gasteiger partial charge in [0.25, 0.3) is 22.5 Å². The predicted octanol–water partition coefficient (Wildman–Crippen LogP) is 3.86. The number of nitrogens with zero attached hydrogens (tertiary/aromatic N) is 2. The van der Waals surface area contributed by atoms with Crippen molar-refractivity contribution < 1.29 is 19.6 Å². The Morgan fingerprint density at radius 2 is 1.62 bits per heavy atom. The van der Waals surface area contributed by atoms with Gasteiger partial charge in [-0.3, -0.25) is 29.5 Å². The number of halogens is 2. The van der Waals surface area contributed by atoms with Crippen molar-refractivity contribution in [2.24, 2.45) is 0 Å². The largest absolute Gasteiger partial charge is 0.480 e. The van der Waals surface area contributed by atoms with Crippen molar-refractivity contribution in [1.29, 1.82) is 0 Å². The van der Waals surface area contributed by atoms with Crippen molar-refractivity contribution in [3.05, 3.63) is 118 Å². The minimum Gasteiger partial charge on any atom is -0.480 e. The second kappa shape index (κ2) is 11.9. The van der Waals surface area contributed by atoms with Crippen LogP contribution < -0.4 is 26.8 Å². The first-order valence-electron chi connectivity index (χ1n) is 11.5. The van der Waals surface area contributed by atoms with Gasteiger partial charge in [-0.15, -0.1) is 0 Å². The van der Waals surface area contributed by atoms with E-state index in [-0.39, 0.29) is 45.6 Å². The normalized spacial score (nSPS) is 11.6. The lowest BCUT2D eigenvalue weighted by atomic mass is 10.0. The first-order chi connectivity index (χ1) is 19.0. The first-order valence-corrected chi connectivity index (χ1v) is 12.3. The summed E-state index contributed by atoms with van der Waals surface area (Å²) in [6.07, 6.45) is 2.51. The Hall–Kier alpha value is -4.81. The molecule has 4 N–H and O–H groups in total. The van der Waals surface area contributed by atoms with Gasteiger partial charge in [0.1, 0.15) is 17.4 Å². The van der Waals surface area contributed by atoms with Crippen LogP contribution in [-0.2, 0) is 17.8 Å². The molecule has 1 aromatic heterocycles. The highest BCUT2D eigenvalue weighted by atomic mass is 35.5. The van der Waals surface area contributed by atoms with Gasteiger partial charge in [0.2, 0.25) is 0 Å². The Balaban J connectivity index is 1.42. The fraction of sp³-hybridized carbons (Fsp3) is 0.115. The van der Waals surface area contributed by atoms with Crippen molar-refractivity contribution in [2.45, 2.75) is 19.0 Å². The van der Waals surface area contributed by atoms with E-state index in [1.807, 2.05) is 0 Å². The molecule has 1 heterocycles. The summed E-state index contributed by atoms with van der Waals surface area (Å²) in [4.78, 5) is 63.0. The molecular weight excluding hydrogens is 565 g/mol. The minimum atomic E-state index is -1.27. The third-order valence-corrected chi connectivity index (χ3v) is 6.42. The van der Waals surface area contributed by atoms with Gasteiger partial charge in [-0.2, -0.15) is 0 Å². The second-order valence-electron chi connectivity index (χ2n) is 8.56. The SMILES string of the molecule is O=C(Nc1ccc(C[C@H](Nc2c(NCc3cccc([N+](=O)[O-])c3)c(=O)c2=O)C(=O)O)cc1)c1c(Cl)cncc1Cl. The fourth-order valence-electron chi connectivity index (χ4n) is 3.82. The number of anilines is 3. The highest BCUT2D eigenvalue weighted by Gasteiger charge is 2.27. The number of hydrogen-bond acceptors (Lipinski definition) is 9. The number of nitrogens with one attached hydrogen (secondary N) is 3. The Morgan fingerprint density at radius 3 is 2.25 bits per heavy atom. The lowest BCUT2D eigenvalue weighted by Gasteiger charge is -2.20. The molecule has 1 amide bonds. The third-order valence-electron chi connectivity index (χ3n) is 5.85. The van der Waals surface area contributed by atoms with Crippen molar-refractivity contribution in [3.63, 3.8) is 0 Å². The average Bonchev–Trinajstić information content (AvgIpc) is 2.92. The van der Waals surface area contributed by atoms with Gasteiger partial charge in [0.15, 0.2) is 0 Å². The molecule has 40 heavy (non-hydrogen) atoms. The van der Waals surface area contributed by atoms with Crippen LogP contribution in [0.5, 0.6) is 0 Å². The zero-order chi connectivity index (χ0) is 29.0. The summed E-state index contributed by atoms with van der Waals surface area (Å²) in [7, 11) is 0. The molecule has 0 radical (unpaired) electrons. The Labute approximate surface area is 235 Å². The number of aliphatic carboxylic acids is 1. The summed E-state index contributed by atoms with van der Waals surface area (Å²) in [5.74, 6) is -1.82. The molecule has 0 aliphatic rings. The van der Waals surface area contributed by atoms with Gasteiger partial charge in [-0.05, 0) is 23.3 Å². The summed E-state index contributed by atoms with van der Waals surface area (Å²) in [6.45, 7) is 0.00204. The van der Waals surface area contributed by atoms with Crippen LogP contribution in [0.3, 0.4) is 0 Å². The number of amides is 1. The van der Waals surface area contributed by atoms with E-state index in [4.69, 9.17) is 23.2 Å². The highest BCUT2D eigenvalue weighted by molar-refractivity contribution is 6.40. The van der Waals surface area contributed by atoms with Crippen molar-refractivity contribution in [2.75, 3.05) is 16.0 Å². The Bertz CT molecular complexity index is 1660. The number of carboxylic acid groups (broad SMARTS) is 1. The average molecular weight is 584 g/mol. The molecule has 3 aromatic carbocycles. The first kappa shape index (κ1) is 28.2. The summed E-state index contributed by atoms with van der Waals surface area (Å²) in [6, 6.07) is 10.7. The van der Waals surface area contributed by atoms with E-state index in [2.05, 4.69) is 20.9 Å². The van der Waals surface area contributed by atoms with E-state index >= 15 is 0 Å². The standard InChI is InChI=1S/C26H19Cl2N5O7/c27-17-11-29-12-18(28)20(17)25(36)31-15-6-4-13(5-7-15)9-19(26(37)38)32-22-21(23(34)24(22)35)30-10-14-2-1-3-16(8-14)33(39)40/h1-8,11-12,19,30,32H,9-10H2,(H,31,36)(H,37,38)/t19-/m0/s1. The summed E-state index contributed by atoms with van der Waals surface area (Å²) in [5.41, 5.74) is -0.624. The molecule has 0 fully saturated rings. The molecule has 12 nitrogen and oxygen atoms in total. The highest BCUT2D eigenvalue weighted by Crippen LogP contribution is 2.25. The van der Waals surface area contributed by atoms with Crippen LogP contribution in [0.2, 0.25) is 10.0 Å². The van der Waals surface area contributed by atoms with Gasteiger partial charge in [0, 0.05) is 43.2 Å². The quantitative estimate of drug-likeness (QED) is 0.115. The molecule has 0 bridgehead atoms. The molecule has 4 rings (SSSR count). The predicted molar refractivity (Wildman–Crippen MR) is 149 cm³/mol. The van der Waals surface area contributed by atoms with E-state index < -0.39 is 33.7 Å². The fourth-order valence-corrected chi connectivity index (χ4v) is 4.36. The van der Waals surface area contributed by atoms with Crippen LogP contribution in [0.1, 0.15) is 21.5 Å². The number of carboxylic acids is 1. The van der Waals surface area contributed by atoms with Gasteiger partial charge in [-0.25, -0.2) is 4.79 Å². The van der Waals surface area contributed by atoms with E-state index in [0.29, 0.717) is 16.8 Å². The smallest absolute Gasteiger partial charge is 0.326 e. The minimum absolute atomic E-state index is 0.00204. The molecule has 4 aromatic rings. The zero-order valence-electron chi connectivity index (χ0n) is 20.3. The number of nitro benzene ring substituents is 1. The van der Waals surface area contributed by atoms with Crippen LogP contribution in [0.15, 0.2) is 70.5 Å². The number of carbonyl (C=O) groups is 2. The molecule has 204 valence electrons. The molecule has 0 saturated heterocycles. The number of hydrogen-bond donors (Lipinski definition) is 4. The van der Waals surface area contributed by atoms with E-state index in [0.717, 1.165) is 0 Å². The maximum Gasteiger partial charge on any atom is 0.326 e. The zero-order valence-corrected chi connectivity index (χ0v) is 21.8. The molecule has 14 heteroatoms. The summed E-state index contributed by atoms with van der Waals surface area (Å²) in [5, 5.41) is 28.9. The van der Waals surface area contributed by atoms with Crippen LogP contribution in [0.25, 0.3) is 0 Å². The number of pyridine rings is 1. The molecule has 1 atom stereocenters. The molecule has 0 spiro atoms. The summed E-state index contributed by atoms with van der Waals surface area (Å²) >= 11 is 12.0. The lowest BCUT2D eigenvalue weighted by molar-refractivity contribution is -0.384. The number of benzene rings is 2. The molecule has 0 saturated carbocycles. The third kappa shape index (κ3) is 6.25. The Morgan fingerprint density at radius 1 is 0.975 bits per heavy atom. The van der Waals surface area contributed by atoms with Crippen molar-refractivity contribution in [1.82, 2.24) is 4.98 Å². The number of nitro groups is 1. The number of non-ortho nitro benzene ring substituents is 1. The number of aromatic nitrogens is 1. The topological polar surface area (TPSA) is 181 Å². The van der Waals surface area contributed by atoms with Gasteiger partial charge in [-0.1, -0.05) is 47.5 Å². The van der Waals surface area contributed by atoms with Crippen LogP contribution >= 0.6 is 23.2 Å². The lowest BCUT2D eigenvalue weighted by Crippen LogP contribution is -2.42. The molecule has 0 aliphatic heterocycles. The molecular formula is C26H19Cl2N5O7. The van der Waals surface area contributed by atoms with E-state index in [9.17, 15) is 34.4 Å². The van der Waals surface area contributed by atoms with Crippen LogP contribution in [-0.4, -0.2) is 32.9 Å². The monoisotopic (exact) mass is 583 g/mol. The van der Waals surface area contributed by atoms with Crippen LogP contribution in [0.4, 0.5) is 22.7 Å². The van der Waals surface area contributed by atoms with Crippen LogP contribution in [0, 0.1) is 10.1 Å². The van der Waals surface area contributed by atoms with Gasteiger partial charge < -0.3 is 21.1 Å². The van der Waals surface area contributed by atoms with E-state index in [1.54, 1.807) is 30.3 Å². The van der Waals surface area contributed by atoms with Crippen molar-refractivity contribution >= 4 is 57.8 Å². The van der Waals surface area contributed by atoms with Gasteiger partial charge >= 0.3 is 5.97 Å². The molecule has 0 unspecified atom stereocenters. The second-order valence-corrected chi connectivity index (χ2v) is 9.37.